The Labute approximate surface area is 167 Å². The Kier molecular flexibility index (Phi) is 4.51. The van der Waals surface area contributed by atoms with Gasteiger partial charge in [-0.25, -0.2) is 4.68 Å². The second-order valence-corrected chi connectivity index (χ2v) is 7.38. The smallest absolute Gasteiger partial charge is 0.244 e. The van der Waals surface area contributed by atoms with Crippen LogP contribution >= 0.6 is 0 Å². The molecule has 1 saturated heterocycles. The molecule has 1 N–H and O–H groups in total. The first kappa shape index (κ1) is 17.5. The number of tetrazole rings is 1. The van der Waals surface area contributed by atoms with Crippen molar-refractivity contribution in [3.05, 3.63) is 60.8 Å². The number of rotatable bonds is 4. The first-order valence-corrected chi connectivity index (χ1v) is 9.79. The van der Waals surface area contributed by atoms with Gasteiger partial charge in [0.25, 0.3) is 0 Å². The molecule has 1 atom stereocenters. The van der Waals surface area contributed by atoms with Gasteiger partial charge in [-0.2, -0.15) is 0 Å². The van der Waals surface area contributed by atoms with E-state index in [1.54, 1.807) is 0 Å². The Bertz CT molecular complexity index is 1120. The Balaban J connectivity index is 1.48. The van der Waals surface area contributed by atoms with E-state index in [2.05, 4.69) is 43.7 Å². The van der Waals surface area contributed by atoms with Gasteiger partial charge in [0.2, 0.25) is 5.91 Å². The molecule has 0 bridgehead atoms. The number of nitrogens with one attached hydrogen (secondary N) is 1. The van der Waals surface area contributed by atoms with Gasteiger partial charge < -0.3 is 9.88 Å². The highest BCUT2D eigenvalue weighted by atomic mass is 16.2. The molecule has 0 saturated carbocycles. The van der Waals surface area contributed by atoms with Crippen LogP contribution in [-0.2, 0) is 11.3 Å². The van der Waals surface area contributed by atoms with Gasteiger partial charge in [0.05, 0.1) is 0 Å². The van der Waals surface area contributed by atoms with Crippen LogP contribution in [0.5, 0.6) is 0 Å². The van der Waals surface area contributed by atoms with Crippen LogP contribution in [0.2, 0.25) is 0 Å². The molecule has 5 rings (SSSR count). The number of piperidine rings is 1. The average molecular weight is 387 g/mol. The lowest BCUT2D eigenvalue weighted by Gasteiger charge is -2.33. The van der Waals surface area contributed by atoms with E-state index in [0.29, 0.717) is 6.54 Å². The third-order valence-corrected chi connectivity index (χ3v) is 5.58. The number of pyridine rings is 1. The lowest BCUT2D eigenvalue weighted by Crippen LogP contribution is -2.41. The van der Waals surface area contributed by atoms with Gasteiger partial charge in [-0.05, 0) is 47.0 Å². The molecule has 8 nitrogen and oxygen atoms in total. The molecule has 0 unspecified atom stereocenters. The molecule has 4 heterocycles. The fourth-order valence-electron chi connectivity index (χ4n) is 4.23. The van der Waals surface area contributed by atoms with Crippen molar-refractivity contribution in [1.29, 1.82) is 0 Å². The molecule has 0 radical (unpaired) electrons. The maximum absolute atomic E-state index is 12.8. The van der Waals surface area contributed by atoms with Crippen molar-refractivity contribution < 1.29 is 4.79 Å². The van der Waals surface area contributed by atoms with Gasteiger partial charge in [-0.15, -0.1) is 5.10 Å². The third-order valence-electron chi connectivity index (χ3n) is 5.58. The van der Waals surface area contributed by atoms with Crippen LogP contribution in [0.4, 0.5) is 0 Å². The van der Waals surface area contributed by atoms with E-state index in [1.165, 1.54) is 27.7 Å². The molecule has 29 heavy (non-hydrogen) atoms. The van der Waals surface area contributed by atoms with Gasteiger partial charge in [-0.1, -0.05) is 18.2 Å². The first-order valence-electron chi connectivity index (χ1n) is 9.79. The van der Waals surface area contributed by atoms with Crippen LogP contribution in [0.25, 0.3) is 22.0 Å². The number of H-pyrrole nitrogens is 1. The predicted molar refractivity (Wildman–Crippen MR) is 108 cm³/mol. The molecular weight excluding hydrogens is 366 g/mol. The van der Waals surface area contributed by atoms with E-state index in [9.17, 15) is 4.79 Å². The summed E-state index contributed by atoms with van der Waals surface area (Å²) in [5.41, 5.74) is 4.66. The van der Waals surface area contributed by atoms with Crippen molar-refractivity contribution in [1.82, 2.24) is 35.1 Å². The minimum Gasteiger partial charge on any atom is -0.358 e. The van der Waals surface area contributed by atoms with Crippen molar-refractivity contribution >= 4 is 16.8 Å². The van der Waals surface area contributed by atoms with Crippen LogP contribution < -0.4 is 0 Å². The van der Waals surface area contributed by atoms with Gasteiger partial charge in [-0.3, -0.25) is 9.78 Å². The number of likely N-dealkylation sites (tertiary alicyclic amines) is 1. The highest BCUT2D eigenvalue weighted by Crippen LogP contribution is 2.39. The Hall–Kier alpha value is -3.55. The lowest BCUT2D eigenvalue weighted by atomic mass is 9.89. The monoisotopic (exact) mass is 387 g/mol. The van der Waals surface area contributed by atoms with E-state index in [1.807, 2.05) is 35.5 Å². The van der Waals surface area contributed by atoms with Gasteiger partial charge in [0, 0.05) is 53.6 Å². The second-order valence-electron chi connectivity index (χ2n) is 7.38. The molecule has 0 aliphatic carbocycles. The summed E-state index contributed by atoms with van der Waals surface area (Å²) in [4.78, 5) is 22.5. The average Bonchev–Trinajstić information content (AvgIpc) is 3.42. The molecule has 1 fully saturated rings. The summed E-state index contributed by atoms with van der Waals surface area (Å²) >= 11 is 0. The van der Waals surface area contributed by atoms with Crippen LogP contribution in [0.15, 0.2) is 55.1 Å². The Morgan fingerprint density at radius 1 is 1.17 bits per heavy atom. The van der Waals surface area contributed by atoms with E-state index in [0.717, 1.165) is 30.5 Å². The maximum atomic E-state index is 12.8. The van der Waals surface area contributed by atoms with Gasteiger partial charge in [0.1, 0.15) is 12.9 Å². The summed E-state index contributed by atoms with van der Waals surface area (Å²) in [5.74, 6) is 0.292. The first-order chi connectivity index (χ1) is 14.3. The number of carbonyl (C=O) groups excluding carboxylic acids is 1. The molecule has 0 spiro atoms. The molecule has 146 valence electrons. The molecule has 1 aromatic carbocycles. The number of carbonyl (C=O) groups is 1. The fourth-order valence-corrected chi connectivity index (χ4v) is 4.23. The van der Waals surface area contributed by atoms with Crippen molar-refractivity contribution in [2.24, 2.45) is 0 Å². The molecule has 8 heteroatoms. The molecule has 1 amide bonds. The highest BCUT2D eigenvalue weighted by Gasteiger charge is 2.28. The van der Waals surface area contributed by atoms with Crippen LogP contribution in [0.3, 0.4) is 0 Å². The van der Waals surface area contributed by atoms with E-state index < -0.39 is 0 Å². The molecule has 4 aromatic rings. The molecule has 3 aromatic heterocycles. The minimum absolute atomic E-state index is 0.0450. The summed E-state index contributed by atoms with van der Waals surface area (Å²) < 4.78 is 1.47. The molecule has 1 aliphatic rings. The topological polar surface area (TPSA) is 92.6 Å². The number of hydrogen-bond acceptors (Lipinski definition) is 5. The SMILES string of the molecule is O=C(Cn1cnnn1)N1CCC[C@@H](c2[nH]c3ccccc3c2-c2ccncc2)C1. The maximum Gasteiger partial charge on any atom is 0.244 e. The quantitative estimate of drug-likeness (QED) is 0.581. The van der Waals surface area contributed by atoms with E-state index >= 15 is 0 Å². The summed E-state index contributed by atoms with van der Waals surface area (Å²) in [7, 11) is 0. The molecule has 1 aliphatic heterocycles. The summed E-state index contributed by atoms with van der Waals surface area (Å²) in [6.07, 6.45) is 7.13. The summed E-state index contributed by atoms with van der Waals surface area (Å²) in [6, 6.07) is 12.4. The van der Waals surface area contributed by atoms with E-state index in [4.69, 9.17) is 0 Å². The van der Waals surface area contributed by atoms with Crippen LogP contribution in [0.1, 0.15) is 24.5 Å². The van der Waals surface area contributed by atoms with Crippen LogP contribution in [0, 0.1) is 0 Å². The van der Waals surface area contributed by atoms with Crippen molar-refractivity contribution in [2.45, 2.75) is 25.3 Å². The second kappa shape index (κ2) is 7.46. The number of aromatic amines is 1. The van der Waals surface area contributed by atoms with Gasteiger partial charge in [0.15, 0.2) is 0 Å². The van der Waals surface area contributed by atoms with Crippen molar-refractivity contribution in [3.63, 3.8) is 0 Å². The van der Waals surface area contributed by atoms with Crippen molar-refractivity contribution in [2.75, 3.05) is 13.1 Å². The lowest BCUT2D eigenvalue weighted by molar-refractivity contribution is -0.133. The van der Waals surface area contributed by atoms with Crippen LogP contribution in [-0.4, -0.2) is 54.1 Å². The predicted octanol–water partition coefficient (Wildman–Crippen LogP) is 2.62. The van der Waals surface area contributed by atoms with Gasteiger partial charge >= 0.3 is 0 Å². The van der Waals surface area contributed by atoms with Crippen molar-refractivity contribution in [3.8, 4) is 11.1 Å². The summed E-state index contributed by atoms with van der Waals surface area (Å²) in [6.45, 7) is 1.62. The number of para-hydroxylation sites is 1. The number of aromatic nitrogens is 6. The summed E-state index contributed by atoms with van der Waals surface area (Å²) in [5, 5.41) is 12.2. The van der Waals surface area contributed by atoms with E-state index in [-0.39, 0.29) is 18.4 Å². The fraction of sp³-hybridized carbons (Fsp3) is 0.286. The molecular formula is C21H21N7O. The Morgan fingerprint density at radius 2 is 2.03 bits per heavy atom. The number of nitrogens with zero attached hydrogens (tertiary/aromatic N) is 6. The zero-order valence-corrected chi connectivity index (χ0v) is 15.9. The number of benzene rings is 1. The highest BCUT2D eigenvalue weighted by molar-refractivity contribution is 5.97. The standard InChI is InChI=1S/C21H21N7O/c29-19(13-28-14-23-25-26-28)27-11-3-4-16(12-27)21-20(15-7-9-22-10-8-15)17-5-1-2-6-18(17)24-21/h1-2,5-10,14,16,24H,3-4,11-13H2/t16-/m1/s1. The number of amides is 1. The zero-order chi connectivity index (χ0) is 19.6. The number of hydrogen-bond donors (Lipinski definition) is 1. The normalized spacial score (nSPS) is 17.0. The zero-order valence-electron chi connectivity index (χ0n) is 15.9. The Morgan fingerprint density at radius 3 is 2.86 bits per heavy atom. The number of fused-ring (bicyclic) bond motifs is 1. The largest absolute Gasteiger partial charge is 0.358 e. The third kappa shape index (κ3) is 3.37. The minimum atomic E-state index is 0.0450.